The molecule has 2 heteroatoms. The van der Waals surface area contributed by atoms with E-state index in [-0.39, 0.29) is 0 Å². The smallest absolute Gasteiger partial charge is 0.0650 e. The van der Waals surface area contributed by atoms with Crippen LogP contribution in [0.4, 0.5) is 0 Å². The van der Waals surface area contributed by atoms with Crippen LogP contribution in [0.3, 0.4) is 0 Å². The van der Waals surface area contributed by atoms with Crippen LogP contribution in [0.25, 0.3) is 5.57 Å². The first-order valence-corrected chi connectivity index (χ1v) is 4.15. The highest BCUT2D eigenvalue weighted by atomic mass is 15.1. The van der Waals surface area contributed by atoms with Gasteiger partial charge >= 0.3 is 0 Å². The standard InChI is InChI=1S/C10H12N2/c1-2-4-9(5-3-1)10-6-11-8-12-7-10/h1-6,11-12H,7-8H2. The van der Waals surface area contributed by atoms with Crippen LogP contribution in [0.5, 0.6) is 0 Å². The largest absolute Gasteiger partial charge is 0.378 e. The van der Waals surface area contributed by atoms with Gasteiger partial charge in [-0.1, -0.05) is 30.3 Å². The van der Waals surface area contributed by atoms with Gasteiger partial charge in [0.25, 0.3) is 0 Å². The number of benzene rings is 1. The summed E-state index contributed by atoms with van der Waals surface area (Å²) in [6.07, 6.45) is 2.08. The summed E-state index contributed by atoms with van der Waals surface area (Å²) in [5.74, 6) is 0. The average molecular weight is 160 g/mol. The lowest BCUT2D eigenvalue weighted by molar-refractivity contribution is 0.678. The summed E-state index contributed by atoms with van der Waals surface area (Å²) in [7, 11) is 0. The Hall–Kier alpha value is -1.28. The monoisotopic (exact) mass is 160 g/mol. The van der Waals surface area contributed by atoms with E-state index in [1.807, 2.05) is 6.07 Å². The predicted octanol–water partition coefficient (Wildman–Crippen LogP) is 1.18. The quantitative estimate of drug-likeness (QED) is 0.644. The van der Waals surface area contributed by atoms with Gasteiger partial charge in [-0.15, -0.1) is 0 Å². The summed E-state index contributed by atoms with van der Waals surface area (Å²) < 4.78 is 0. The molecule has 0 unspecified atom stereocenters. The van der Waals surface area contributed by atoms with E-state index >= 15 is 0 Å². The van der Waals surface area contributed by atoms with Gasteiger partial charge in [0, 0.05) is 12.7 Å². The third-order valence-corrected chi connectivity index (χ3v) is 1.96. The molecule has 0 radical (unpaired) electrons. The van der Waals surface area contributed by atoms with Crippen LogP contribution in [0.1, 0.15) is 5.56 Å². The third kappa shape index (κ3) is 1.48. The van der Waals surface area contributed by atoms with Crippen molar-refractivity contribution in [2.75, 3.05) is 13.2 Å². The van der Waals surface area contributed by atoms with Crippen molar-refractivity contribution in [3.05, 3.63) is 42.1 Å². The normalized spacial score (nSPS) is 16.5. The second kappa shape index (κ2) is 3.41. The molecule has 2 nitrogen and oxygen atoms in total. The van der Waals surface area contributed by atoms with Crippen molar-refractivity contribution in [1.82, 2.24) is 10.6 Å². The van der Waals surface area contributed by atoms with Crippen LogP contribution in [-0.4, -0.2) is 13.2 Å². The number of hydrogen-bond donors (Lipinski definition) is 2. The van der Waals surface area contributed by atoms with Crippen molar-refractivity contribution < 1.29 is 0 Å². The molecule has 2 N–H and O–H groups in total. The molecule has 1 aromatic rings. The number of nitrogens with one attached hydrogen (secondary N) is 2. The zero-order valence-corrected chi connectivity index (χ0v) is 6.88. The van der Waals surface area contributed by atoms with Crippen molar-refractivity contribution in [2.45, 2.75) is 0 Å². The fourth-order valence-corrected chi connectivity index (χ4v) is 1.33. The maximum Gasteiger partial charge on any atom is 0.0650 e. The molecule has 1 aliphatic heterocycles. The topological polar surface area (TPSA) is 24.1 Å². The Kier molecular flexibility index (Phi) is 2.10. The zero-order chi connectivity index (χ0) is 8.23. The molecule has 2 rings (SSSR count). The van der Waals surface area contributed by atoms with Crippen molar-refractivity contribution in [2.24, 2.45) is 0 Å². The molecule has 62 valence electrons. The Labute approximate surface area is 72.3 Å². The van der Waals surface area contributed by atoms with Gasteiger partial charge in [0.1, 0.15) is 0 Å². The van der Waals surface area contributed by atoms with Gasteiger partial charge in [-0.25, -0.2) is 0 Å². The first kappa shape index (κ1) is 7.37. The van der Waals surface area contributed by atoms with Crippen LogP contribution >= 0.6 is 0 Å². The van der Waals surface area contributed by atoms with Crippen molar-refractivity contribution in [1.29, 1.82) is 0 Å². The summed E-state index contributed by atoms with van der Waals surface area (Å²) >= 11 is 0. The van der Waals surface area contributed by atoms with Gasteiger partial charge in [0.05, 0.1) is 6.67 Å². The molecule has 1 aliphatic rings. The van der Waals surface area contributed by atoms with Crippen molar-refractivity contribution in [3.8, 4) is 0 Å². The minimum Gasteiger partial charge on any atom is -0.378 e. The summed E-state index contributed by atoms with van der Waals surface area (Å²) in [6, 6.07) is 10.4. The Morgan fingerprint density at radius 2 is 1.92 bits per heavy atom. The lowest BCUT2D eigenvalue weighted by atomic mass is 10.1. The van der Waals surface area contributed by atoms with Crippen molar-refractivity contribution >= 4 is 5.57 Å². The molecular formula is C10H12N2. The van der Waals surface area contributed by atoms with Crippen LogP contribution in [0, 0.1) is 0 Å². The Morgan fingerprint density at radius 3 is 2.58 bits per heavy atom. The molecule has 12 heavy (non-hydrogen) atoms. The molecule has 0 saturated heterocycles. The van der Waals surface area contributed by atoms with Gasteiger partial charge < -0.3 is 5.32 Å². The fraction of sp³-hybridized carbons (Fsp3) is 0.200. The first-order chi connectivity index (χ1) is 5.97. The third-order valence-electron chi connectivity index (χ3n) is 1.96. The predicted molar refractivity (Wildman–Crippen MR) is 50.4 cm³/mol. The molecule has 1 heterocycles. The maximum absolute atomic E-state index is 3.25. The highest BCUT2D eigenvalue weighted by molar-refractivity contribution is 5.67. The fourth-order valence-electron chi connectivity index (χ4n) is 1.33. The minimum atomic E-state index is 0.871. The molecule has 0 saturated carbocycles. The molecule has 0 fully saturated rings. The van der Waals surface area contributed by atoms with Gasteiger partial charge in [0.15, 0.2) is 0 Å². The highest BCUT2D eigenvalue weighted by Crippen LogP contribution is 2.12. The van der Waals surface area contributed by atoms with Gasteiger partial charge in [0.2, 0.25) is 0 Å². The molecule has 0 aromatic heterocycles. The van der Waals surface area contributed by atoms with Crippen LogP contribution in [0.2, 0.25) is 0 Å². The SMILES string of the molecule is C1=C(c2ccccc2)CNCN1. The summed E-state index contributed by atoms with van der Waals surface area (Å²) in [5, 5.41) is 6.41. The second-order valence-corrected chi connectivity index (χ2v) is 2.84. The Bertz CT molecular complexity index is 277. The Morgan fingerprint density at radius 1 is 1.08 bits per heavy atom. The van der Waals surface area contributed by atoms with E-state index in [2.05, 4.69) is 41.1 Å². The molecule has 0 bridgehead atoms. The van der Waals surface area contributed by atoms with E-state index in [1.165, 1.54) is 11.1 Å². The van der Waals surface area contributed by atoms with E-state index in [4.69, 9.17) is 0 Å². The number of hydrogen-bond acceptors (Lipinski definition) is 2. The minimum absolute atomic E-state index is 0.871. The van der Waals surface area contributed by atoms with Crippen molar-refractivity contribution in [3.63, 3.8) is 0 Å². The van der Waals surface area contributed by atoms with E-state index in [0.29, 0.717) is 0 Å². The maximum atomic E-state index is 3.25. The Balaban J connectivity index is 2.24. The second-order valence-electron chi connectivity index (χ2n) is 2.84. The van der Waals surface area contributed by atoms with E-state index in [0.717, 1.165) is 13.2 Å². The van der Waals surface area contributed by atoms with Gasteiger partial charge in [-0.2, -0.15) is 0 Å². The molecule has 1 aromatic carbocycles. The number of rotatable bonds is 1. The average Bonchev–Trinajstić information content (AvgIpc) is 2.21. The van der Waals surface area contributed by atoms with E-state index < -0.39 is 0 Å². The van der Waals surface area contributed by atoms with E-state index in [9.17, 15) is 0 Å². The summed E-state index contributed by atoms with van der Waals surface area (Å²) in [4.78, 5) is 0. The summed E-state index contributed by atoms with van der Waals surface area (Å²) in [6.45, 7) is 1.83. The highest BCUT2D eigenvalue weighted by Gasteiger charge is 2.02. The van der Waals surface area contributed by atoms with Gasteiger partial charge in [-0.05, 0) is 11.1 Å². The van der Waals surface area contributed by atoms with Crippen LogP contribution in [-0.2, 0) is 0 Å². The van der Waals surface area contributed by atoms with E-state index in [1.54, 1.807) is 0 Å². The summed E-state index contributed by atoms with van der Waals surface area (Å²) in [5.41, 5.74) is 2.61. The zero-order valence-electron chi connectivity index (χ0n) is 6.88. The molecule has 0 spiro atoms. The molecule has 0 atom stereocenters. The van der Waals surface area contributed by atoms with Gasteiger partial charge in [-0.3, -0.25) is 5.32 Å². The lowest BCUT2D eigenvalue weighted by Gasteiger charge is -2.15. The van der Waals surface area contributed by atoms with Crippen LogP contribution < -0.4 is 10.6 Å². The molecule has 0 amide bonds. The first-order valence-electron chi connectivity index (χ1n) is 4.15. The molecular weight excluding hydrogens is 148 g/mol. The molecule has 0 aliphatic carbocycles. The van der Waals surface area contributed by atoms with Crippen LogP contribution in [0.15, 0.2) is 36.5 Å². The lowest BCUT2D eigenvalue weighted by Crippen LogP contribution is -2.31.